The third kappa shape index (κ3) is 7.82. The Balaban J connectivity index is 0.00000220. The molecule has 1 aromatic carbocycles. The highest BCUT2D eigenvalue weighted by molar-refractivity contribution is 7.12. The Morgan fingerprint density at radius 2 is 1.90 bits per heavy atom. The molecular formula is C29H39Cl2FN4O3S. The van der Waals surface area contributed by atoms with E-state index >= 15 is 0 Å². The number of ketones is 1. The number of fused-ring (bicyclic) bond motifs is 1. The van der Waals surface area contributed by atoms with Gasteiger partial charge in [-0.15, -0.1) is 36.2 Å². The molecule has 0 saturated carbocycles. The van der Waals surface area contributed by atoms with E-state index in [4.69, 9.17) is 4.74 Å². The zero-order valence-electron chi connectivity index (χ0n) is 22.9. The van der Waals surface area contributed by atoms with Crippen LogP contribution in [0.1, 0.15) is 85.5 Å². The molecule has 0 spiro atoms. The molecule has 5 rings (SSSR count). The van der Waals surface area contributed by atoms with E-state index in [0.717, 1.165) is 32.1 Å². The van der Waals surface area contributed by atoms with E-state index in [9.17, 15) is 14.0 Å². The van der Waals surface area contributed by atoms with Crippen molar-refractivity contribution < 1.29 is 18.7 Å². The predicted octanol–water partition coefficient (Wildman–Crippen LogP) is 6.56. The molecule has 2 aliphatic heterocycles. The summed E-state index contributed by atoms with van der Waals surface area (Å²) >= 11 is 1.24. The van der Waals surface area contributed by atoms with Crippen molar-refractivity contribution in [2.75, 3.05) is 32.7 Å². The fraction of sp³-hybridized carbons (Fsp3) is 0.552. The molecule has 0 aliphatic carbocycles. The Bertz CT molecular complexity index is 1260. The first-order valence-electron chi connectivity index (χ1n) is 13.9. The summed E-state index contributed by atoms with van der Waals surface area (Å²) < 4.78 is 19.3. The number of benzene rings is 1. The topological polar surface area (TPSA) is 78.5 Å². The van der Waals surface area contributed by atoms with Gasteiger partial charge in [0.2, 0.25) is 5.78 Å². The maximum Gasteiger partial charge on any atom is 0.306 e. The average molecular weight is 614 g/mol. The standard InChI is InChI=1S/C29H37FN4O3S.2ClH/c1-2-26(25-19-38-29(32-25)28(36)23-18-31-24-17-20(30)8-9-22(23)24)37-27(35)7-6-12-33-15-10-21(11-16-33)34-13-4-3-5-14-34;;/h8-9,17-19,21,26,31H,2-7,10-16H2,1H3;2*1H. The van der Waals surface area contributed by atoms with Crippen molar-refractivity contribution in [2.24, 2.45) is 0 Å². The summed E-state index contributed by atoms with van der Waals surface area (Å²) in [6.45, 7) is 7.59. The molecule has 7 nitrogen and oxygen atoms in total. The largest absolute Gasteiger partial charge is 0.456 e. The van der Waals surface area contributed by atoms with Gasteiger partial charge < -0.3 is 19.5 Å². The predicted molar refractivity (Wildman–Crippen MR) is 162 cm³/mol. The molecule has 0 amide bonds. The number of H-pyrrole nitrogens is 1. The van der Waals surface area contributed by atoms with Crippen molar-refractivity contribution in [3.05, 3.63) is 51.9 Å². The molecule has 11 heteroatoms. The Morgan fingerprint density at radius 1 is 1.15 bits per heavy atom. The van der Waals surface area contributed by atoms with Gasteiger partial charge in [-0.2, -0.15) is 0 Å². The second kappa shape index (κ2) is 15.3. The molecular weight excluding hydrogens is 574 g/mol. The van der Waals surface area contributed by atoms with Crippen molar-refractivity contribution in [1.29, 1.82) is 0 Å². The molecule has 2 fully saturated rings. The number of nitrogens with one attached hydrogen (secondary N) is 1. The lowest BCUT2D eigenvalue weighted by atomic mass is 10.00. The van der Waals surface area contributed by atoms with Crippen molar-refractivity contribution >= 4 is 58.8 Å². The maximum atomic E-state index is 13.5. The molecule has 2 aromatic heterocycles. The highest BCUT2D eigenvalue weighted by atomic mass is 35.5. The summed E-state index contributed by atoms with van der Waals surface area (Å²) in [5.41, 5.74) is 1.61. The molecule has 220 valence electrons. The van der Waals surface area contributed by atoms with Crippen LogP contribution in [0.3, 0.4) is 0 Å². The first-order chi connectivity index (χ1) is 18.5. The van der Waals surface area contributed by atoms with E-state index in [1.54, 1.807) is 17.6 Å². The first kappa shape index (κ1) is 32.5. The minimum Gasteiger partial charge on any atom is -0.456 e. The van der Waals surface area contributed by atoms with Crippen LogP contribution in [0.5, 0.6) is 0 Å². The van der Waals surface area contributed by atoms with Gasteiger partial charge in [0.15, 0.2) is 5.01 Å². The van der Waals surface area contributed by atoms with Crippen molar-refractivity contribution in [3.8, 4) is 0 Å². The zero-order chi connectivity index (χ0) is 26.5. The van der Waals surface area contributed by atoms with Crippen LogP contribution < -0.4 is 0 Å². The molecule has 1 unspecified atom stereocenters. The fourth-order valence-corrected chi connectivity index (χ4v) is 6.56. The minimum absolute atomic E-state index is 0. The van der Waals surface area contributed by atoms with Crippen molar-refractivity contribution in [3.63, 3.8) is 0 Å². The molecule has 0 bridgehead atoms. The van der Waals surface area contributed by atoms with Gasteiger partial charge in [-0.1, -0.05) is 13.3 Å². The lowest BCUT2D eigenvalue weighted by Gasteiger charge is -2.40. The fourth-order valence-electron chi connectivity index (χ4n) is 5.75. The Hall–Kier alpha value is -2.04. The Morgan fingerprint density at radius 3 is 2.62 bits per heavy atom. The van der Waals surface area contributed by atoms with Gasteiger partial charge in [0.25, 0.3) is 0 Å². The highest BCUT2D eigenvalue weighted by Crippen LogP contribution is 2.28. The third-order valence-corrected chi connectivity index (χ3v) is 8.76. The van der Waals surface area contributed by atoms with Gasteiger partial charge in [0.1, 0.15) is 11.9 Å². The van der Waals surface area contributed by atoms with Crippen LogP contribution in [0.4, 0.5) is 4.39 Å². The van der Waals surface area contributed by atoms with E-state index in [-0.39, 0.29) is 42.4 Å². The number of carbonyl (C=O) groups is 2. The van der Waals surface area contributed by atoms with Crippen LogP contribution in [0.15, 0.2) is 29.8 Å². The van der Waals surface area contributed by atoms with E-state index in [0.29, 0.717) is 40.0 Å². The second-order valence-corrected chi connectivity index (χ2v) is 11.3. The van der Waals surface area contributed by atoms with E-state index < -0.39 is 6.10 Å². The summed E-state index contributed by atoms with van der Waals surface area (Å²) in [7, 11) is 0. The number of halogens is 3. The third-order valence-electron chi connectivity index (χ3n) is 7.90. The number of aromatic amines is 1. The number of esters is 1. The number of likely N-dealkylation sites (tertiary alicyclic amines) is 2. The summed E-state index contributed by atoms with van der Waals surface area (Å²) in [6, 6.07) is 5.03. The number of ether oxygens (including phenoxy) is 1. The number of thiazole rings is 1. The highest BCUT2D eigenvalue weighted by Gasteiger charge is 2.26. The number of piperidine rings is 2. The summed E-state index contributed by atoms with van der Waals surface area (Å²) in [4.78, 5) is 38.3. The van der Waals surface area contributed by atoms with Crippen LogP contribution in [0.25, 0.3) is 10.9 Å². The summed E-state index contributed by atoms with van der Waals surface area (Å²) in [5.74, 6) is -0.816. The van der Waals surface area contributed by atoms with Crippen molar-refractivity contribution in [2.45, 2.75) is 70.4 Å². The average Bonchev–Trinajstić information content (AvgIpc) is 3.60. The minimum atomic E-state index is -0.474. The van der Waals surface area contributed by atoms with E-state index in [1.165, 1.54) is 68.7 Å². The lowest BCUT2D eigenvalue weighted by molar-refractivity contribution is -0.150. The van der Waals surface area contributed by atoms with Crippen LogP contribution in [0, 0.1) is 5.82 Å². The van der Waals surface area contributed by atoms with E-state index in [1.807, 2.05) is 6.92 Å². The number of aromatic nitrogens is 2. The zero-order valence-corrected chi connectivity index (χ0v) is 25.4. The molecule has 4 heterocycles. The van der Waals surface area contributed by atoms with Gasteiger partial charge in [-0.3, -0.25) is 9.59 Å². The van der Waals surface area contributed by atoms with Gasteiger partial charge in [0.05, 0.1) is 11.3 Å². The smallest absolute Gasteiger partial charge is 0.306 e. The lowest BCUT2D eigenvalue weighted by Crippen LogP contribution is -2.46. The van der Waals surface area contributed by atoms with Crippen LogP contribution >= 0.6 is 36.2 Å². The van der Waals surface area contributed by atoms with Gasteiger partial charge in [-0.05, 0) is 89.4 Å². The number of nitrogens with zero attached hydrogens (tertiary/aromatic N) is 3. The van der Waals surface area contributed by atoms with Crippen LogP contribution in [-0.4, -0.2) is 70.3 Å². The first-order valence-corrected chi connectivity index (χ1v) is 14.8. The van der Waals surface area contributed by atoms with Crippen LogP contribution in [-0.2, 0) is 9.53 Å². The number of rotatable bonds is 10. The van der Waals surface area contributed by atoms with Crippen molar-refractivity contribution in [1.82, 2.24) is 19.8 Å². The maximum absolute atomic E-state index is 13.5. The molecule has 2 saturated heterocycles. The normalized spacial score (nSPS) is 17.6. The molecule has 2 aliphatic rings. The number of hydrogen-bond acceptors (Lipinski definition) is 7. The summed E-state index contributed by atoms with van der Waals surface area (Å²) in [5, 5.41) is 2.77. The molecule has 1 N–H and O–H groups in total. The van der Waals surface area contributed by atoms with Gasteiger partial charge >= 0.3 is 5.97 Å². The monoisotopic (exact) mass is 612 g/mol. The Kier molecular flexibility index (Phi) is 12.4. The van der Waals surface area contributed by atoms with E-state index in [2.05, 4.69) is 19.8 Å². The number of hydrogen-bond donors (Lipinski definition) is 1. The SMILES string of the molecule is CCC(OC(=O)CCCN1CCC(N2CCCCC2)CC1)c1csc(C(=O)c2c[nH]c3cc(F)ccc23)n1.Cl.Cl. The number of carbonyl (C=O) groups excluding carboxylic acids is 2. The van der Waals surface area contributed by atoms with Gasteiger partial charge in [0, 0.05) is 34.9 Å². The molecule has 40 heavy (non-hydrogen) atoms. The Labute approximate surface area is 251 Å². The second-order valence-electron chi connectivity index (χ2n) is 10.5. The van der Waals surface area contributed by atoms with Gasteiger partial charge in [-0.25, -0.2) is 9.37 Å². The quantitative estimate of drug-likeness (QED) is 0.206. The molecule has 1 atom stereocenters. The summed E-state index contributed by atoms with van der Waals surface area (Å²) in [6.07, 6.45) is 9.36. The molecule has 0 radical (unpaired) electrons. The molecule has 3 aromatic rings. The van der Waals surface area contributed by atoms with Crippen LogP contribution in [0.2, 0.25) is 0 Å².